The number of aromatic amines is 2. The summed E-state index contributed by atoms with van der Waals surface area (Å²) in [5.74, 6) is 0. The van der Waals surface area contributed by atoms with Gasteiger partial charge in [0.25, 0.3) is 5.56 Å². The fourth-order valence-electron chi connectivity index (χ4n) is 2.35. The van der Waals surface area contributed by atoms with Crippen LogP contribution in [0, 0.1) is 0 Å². The Morgan fingerprint density at radius 2 is 1.21 bits per heavy atom. The van der Waals surface area contributed by atoms with Crippen molar-refractivity contribution in [1.82, 2.24) is 19.9 Å². The smallest absolute Gasteiger partial charge is 0.276 e. The van der Waals surface area contributed by atoms with Crippen molar-refractivity contribution >= 4 is 11.2 Å². The van der Waals surface area contributed by atoms with Crippen molar-refractivity contribution in [3.05, 3.63) is 94.8 Å². The first-order chi connectivity index (χ1) is 11.8. The van der Waals surface area contributed by atoms with E-state index in [1.807, 2.05) is 0 Å². The number of H-pyrrole nitrogens is 2. The predicted octanol–water partition coefficient (Wildman–Crippen LogP) is 3.12. The highest BCUT2D eigenvalue weighted by atomic mass is 16.1. The van der Waals surface area contributed by atoms with Gasteiger partial charge in [-0.05, 0) is 24.0 Å². The van der Waals surface area contributed by atoms with Crippen molar-refractivity contribution in [3.8, 4) is 0 Å². The number of nitrogens with one attached hydrogen (secondary N) is 2. The SMILES string of the molecule is O=c1[nH]cnc2nc[nH]c12.c1ccc(CCc2ccccc2)cc1. The summed E-state index contributed by atoms with van der Waals surface area (Å²) in [6.07, 6.45) is 5.02. The van der Waals surface area contributed by atoms with Crippen LogP contribution in [-0.2, 0) is 12.8 Å². The Bertz CT molecular complexity index is 890. The van der Waals surface area contributed by atoms with E-state index in [-0.39, 0.29) is 5.56 Å². The van der Waals surface area contributed by atoms with Gasteiger partial charge < -0.3 is 9.97 Å². The predicted molar refractivity (Wildman–Crippen MR) is 94.8 cm³/mol. The molecular weight excluding hydrogens is 300 g/mol. The molecule has 0 amide bonds. The van der Waals surface area contributed by atoms with E-state index < -0.39 is 0 Å². The average Bonchev–Trinajstić information content (AvgIpc) is 3.13. The summed E-state index contributed by atoms with van der Waals surface area (Å²) in [6, 6.07) is 21.2. The molecule has 5 heteroatoms. The molecule has 0 radical (unpaired) electrons. The Labute approximate surface area is 139 Å². The Morgan fingerprint density at radius 3 is 1.71 bits per heavy atom. The molecule has 4 aromatic rings. The normalized spacial score (nSPS) is 10.2. The average molecular weight is 318 g/mol. The van der Waals surface area contributed by atoms with Gasteiger partial charge in [-0.15, -0.1) is 0 Å². The third kappa shape index (κ3) is 4.16. The maximum absolute atomic E-state index is 10.9. The number of hydrogen-bond donors (Lipinski definition) is 2. The molecular formula is C19H18N4O. The van der Waals surface area contributed by atoms with E-state index in [1.165, 1.54) is 23.8 Å². The lowest BCUT2D eigenvalue weighted by atomic mass is 10.0. The van der Waals surface area contributed by atoms with E-state index in [1.54, 1.807) is 0 Å². The number of rotatable bonds is 3. The van der Waals surface area contributed by atoms with Crippen LogP contribution in [-0.4, -0.2) is 19.9 Å². The van der Waals surface area contributed by atoms with Crippen molar-refractivity contribution in [2.45, 2.75) is 12.8 Å². The lowest BCUT2D eigenvalue weighted by Crippen LogP contribution is -2.05. The topological polar surface area (TPSA) is 74.4 Å². The minimum atomic E-state index is -0.192. The molecule has 0 bridgehead atoms. The van der Waals surface area contributed by atoms with E-state index in [0.717, 1.165) is 12.8 Å². The van der Waals surface area contributed by atoms with Gasteiger partial charge in [0.2, 0.25) is 0 Å². The zero-order chi connectivity index (χ0) is 16.6. The molecule has 2 aromatic carbocycles. The third-order valence-corrected chi connectivity index (χ3v) is 3.62. The summed E-state index contributed by atoms with van der Waals surface area (Å²) in [6.45, 7) is 0. The van der Waals surface area contributed by atoms with Crippen molar-refractivity contribution in [1.29, 1.82) is 0 Å². The summed E-state index contributed by atoms with van der Waals surface area (Å²) in [5, 5.41) is 0. The van der Waals surface area contributed by atoms with Gasteiger partial charge in [-0.3, -0.25) is 4.79 Å². The Balaban J connectivity index is 0.000000149. The molecule has 24 heavy (non-hydrogen) atoms. The highest BCUT2D eigenvalue weighted by Gasteiger charge is 1.97. The van der Waals surface area contributed by atoms with Gasteiger partial charge >= 0.3 is 0 Å². The molecule has 4 rings (SSSR count). The molecule has 0 saturated carbocycles. The van der Waals surface area contributed by atoms with Crippen LogP contribution < -0.4 is 5.56 Å². The van der Waals surface area contributed by atoms with E-state index >= 15 is 0 Å². The van der Waals surface area contributed by atoms with Crippen molar-refractivity contribution in [2.75, 3.05) is 0 Å². The van der Waals surface area contributed by atoms with Crippen LogP contribution in [0.1, 0.15) is 11.1 Å². The second kappa shape index (κ2) is 7.87. The largest absolute Gasteiger partial charge is 0.339 e. The quantitative estimate of drug-likeness (QED) is 0.609. The molecule has 0 saturated heterocycles. The molecule has 2 heterocycles. The van der Waals surface area contributed by atoms with Crippen LogP contribution in [0.4, 0.5) is 0 Å². The molecule has 120 valence electrons. The van der Waals surface area contributed by atoms with E-state index in [4.69, 9.17) is 0 Å². The van der Waals surface area contributed by atoms with Crippen molar-refractivity contribution in [2.24, 2.45) is 0 Å². The van der Waals surface area contributed by atoms with Gasteiger partial charge in [0.1, 0.15) is 0 Å². The Morgan fingerprint density at radius 1 is 0.708 bits per heavy atom. The lowest BCUT2D eigenvalue weighted by molar-refractivity contribution is 0.960. The van der Waals surface area contributed by atoms with Crippen LogP contribution in [0.3, 0.4) is 0 Å². The first kappa shape index (κ1) is 15.7. The summed E-state index contributed by atoms with van der Waals surface area (Å²) in [7, 11) is 0. The van der Waals surface area contributed by atoms with Crippen LogP contribution in [0.5, 0.6) is 0 Å². The molecule has 0 fully saturated rings. The molecule has 0 aliphatic rings. The summed E-state index contributed by atoms with van der Waals surface area (Å²) < 4.78 is 0. The van der Waals surface area contributed by atoms with Gasteiger partial charge in [0.05, 0.1) is 12.7 Å². The zero-order valence-electron chi connectivity index (χ0n) is 13.1. The number of hydrogen-bond acceptors (Lipinski definition) is 3. The molecule has 0 unspecified atom stereocenters. The van der Waals surface area contributed by atoms with E-state index in [0.29, 0.717) is 11.2 Å². The first-order valence-electron chi connectivity index (χ1n) is 7.77. The van der Waals surface area contributed by atoms with Crippen LogP contribution in [0.25, 0.3) is 11.2 Å². The number of fused-ring (bicyclic) bond motifs is 1. The summed E-state index contributed by atoms with van der Waals surface area (Å²) in [4.78, 5) is 23.6. The molecule has 2 aromatic heterocycles. The van der Waals surface area contributed by atoms with Crippen LogP contribution in [0.15, 0.2) is 78.1 Å². The van der Waals surface area contributed by atoms with Gasteiger partial charge in [-0.2, -0.15) is 0 Å². The second-order valence-electron chi connectivity index (χ2n) is 5.30. The highest BCUT2D eigenvalue weighted by molar-refractivity contribution is 5.67. The number of benzene rings is 2. The number of aryl methyl sites for hydroxylation is 2. The van der Waals surface area contributed by atoms with Crippen LogP contribution in [0.2, 0.25) is 0 Å². The van der Waals surface area contributed by atoms with E-state index in [2.05, 4.69) is 80.6 Å². The van der Waals surface area contributed by atoms with Crippen molar-refractivity contribution in [3.63, 3.8) is 0 Å². The Kier molecular flexibility index (Phi) is 5.14. The molecule has 0 spiro atoms. The van der Waals surface area contributed by atoms with Gasteiger partial charge in [-0.25, -0.2) is 9.97 Å². The molecule has 0 aliphatic heterocycles. The van der Waals surface area contributed by atoms with Crippen LogP contribution >= 0.6 is 0 Å². The number of aromatic nitrogens is 4. The third-order valence-electron chi connectivity index (χ3n) is 3.62. The monoisotopic (exact) mass is 318 g/mol. The van der Waals surface area contributed by atoms with Gasteiger partial charge in [0.15, 0.2) is 11.2 Å². The number of nitrogens with zero attached hydrogens (tertiary/aromatic N) is 2. The summed E-state index contributed by atoms with van der Waals surface area (Å²) in [5.41, 5.74) is 3.50. The Hall–Kier alpha value is -3.21. The zero-order valence-corrected chi connectivity index (χ0v) is 13.1. The first-order valence-corrected chi connectivity index (χ1v) is 7.77. The minimum absolute atomic E-state index is 0.192. The maximum atomic E-state index is 10.9. The molecule has 0 aliphatic carbocycles. The van der Waals surface area contributed by atoms with Gasteiger partial charge in [-0.1, -0.05) is 60.7 Å². The van der Waals surface area contributed by atoms with E-state index in [9.17, 15) is 4.79 Å². The number of imidazole rings is 1. The molecule has 2 N–H and O–H groups in total. The second-order valence-corrected chi connectivity index (χ2v) is 5.30. The highest BCUT2D eigenvalue weighted by Crippen LogP contribution is 2.06. The fraction of sp³-hybridized carbons (Fsp3) is 0.105. The van der Waals surface area contributed by atoms with Crippen molar-refractivity contribution < 1.29 is 0 Å². The summed E-state index contributed by atoms with van der Waals surface area (Å²) >= 11 is 0. The molecule has 0 atom stereocenters. The standard InChI is InChI=1S/C14H14.C5H4N4O/c1-3-7-13(8-4-1)11-12-14-9-5-2-6-10-14;10-5-3-4(7-1-6-3)8-2-9-5/h1-10H,11-12H2;1-2H,(H2,6,7,8,9,10). The van der Waals surface area contributed by atoms with Gasteiger partial charge in [0, 0.05) is 0 Å². The fourth-order valence-corrected chi connectivity index (χ4v) is 2.35. The minimum Gasteiger partial charge on any atom is -0.339 e. The lowest BCUT2D eigenvalue weighted by Gasteiger charge is -2.01. The molecule has 5 nitrogen and oxygen atoms in total. The maximum Gasteiger partial charge on any atom is 0.276 e.